The first kappa shape index (κ1) is 11.6. The predicted molar refractivity (Wildman–Crippen MR) is 50.7 cm³/mol. The van der Waals surface area contributed by atoms with Gasteiger partial charge < -0.3 is 0 Å². The Morgan fingerprint density at radius 2 is 1.92 bits per heavy atom. The Kier molecular flexibility index (Phi) is 3.88. The summed E-state index contributed by atoms with van der Waals surface area (Å²) in [6.07, 6.45) is 0. The molecule has 70 valence electrons. The lowest BCUT2D eigenvalue weighted by molar-refractivity contribution is 0.355. The van der Waals surface area contributed by atoms with Crippen LogP contribution in [0.5, 0.6) is 0 Å². The molecule has 4 heteroatoms. The molecule has 0 saturated carbocycles. The average molecular weight is 188 g/mol. The molecule has 3 nitrogen and oxygen atoms in total. The summed E-state index contributed by atoms with van der Waals surface area (Å²) in [6, 6.07) is 2.11. The van der Waals surface area contributed by atoms with E-state index in [0.29, 0.717) is 0 Å². The van der Waals surface area contributed by atoms with Crippen LogP contribution in [-0.4, -0.2) is 26.4 Å². The molecule has 1 atom stereocenters. The van der Waals surface area contributed by atoms with Crippen LogP contribution < -0.4 is 0 Å². The predicted octanol–water partition coefficient (Wildman–Crippen LogP) is 1.29. The number of nitrogens with zero attached hydrogens (tertiary/aromatic N) is 2. The van der Waals surface area contributed by atoms with Crippen molar-refractivity contribution in [3.05, 3.63) is 0 Å². The van der Waals surface area contributed by atoms with Crippen LogP contribution in [0.1, 0.15) is 27.7 Å². The molecule has 0 spiro atoms. The van der Waals surface area contributed by atoms with E-state index in [9.17, 15) is 4.21 Å². The van der Waals surface area contributed by atoms with Crippen molar-refractivity contribution in [1.82, 2.24) is 4.31 Å². The Morgan fingerprint density at radius 1 is 1.50 bits per heavy atom. The molecular weight excluding hydrogens is 172 g/mol. The summed E-state index contributed by atoms with van der Waals surface area (Å²) in [5, 5.41) is 8.83. The smallest absolute Gasteiger partial charge is 0.114 e. The first-order valence-electron chi connectivity index (χ1n) is 3.88. The molecule has 0 aromatic rings. The van der Waals surface area contributed by atoms with Gasteiger partial charge in [-0.25, -0.2) is 8.51 Å². The van der Waals surface area contributed by atoms with E-state index in [0.717, 1.165) is 0 Å². The Balaban J connectivity index is 4.52. The van der Waals surface area contributed by atoms with Gasteiger partial charge in [0.1, 0.15) is 5.54 Å². The van der Waals surface area contributed by atoms with E-state index in [1.54, 1.807) is 25.2 Å². The van der Waals surface area contributed by atoms with Gasteiger partial charge in [0.05, 0.1) is 17.1 Å². The lowest BCUT2D eigenvalue weighted by atomic mass is 10.1. The highest BCUT2D eigenvalue weighted by Gasteiger charge is 2.28. The van der Waals surface area contributed by atoms with Gasteiger partial charge in [-0.1, -0.05) is 0 Å². The van der Waals surface area contributed by atoms with Crippen LogP contribution >= 0.6 is 0 Å². The van der Waals surface area contributed by atoms with Gasteiger partial charge in [-0.05, 0) is 27.7 Å². The van der Waals surface area contributed by atoms with Crippen LogP contribution in [0.4, 0.5) is 0 Å². The Labute approximate surface area is 77.0 Å². The third-order valence-corrected chi connectivity index (χ3v) is 3.54. The molecule has 0 N–H and O–H groups in total. The summed E-state index contributed by atoms with van der Waals surface area (Å²) in [6.45, 7) is 7.26. The minimum Gasteiger partial charge on any atom is -0.242 e. The third-order valence-electron chi connectivity index (χ3n) is 1.73. The quantitative estimate of drug-likeness (QED) is 0.670. The second kappa shape index (κ2) is 4.01. The van der Waals surface area contributed by atoms with Crippen molar-refractivity contribution in [3.8, 4) is 6.07 Å². The molecule has 0 rings (SSSR count). The van der Waals surface area contributed by atoms with E-state index in [1.165, 1.54) is 0 Å². The summed E-state index contributed by atoms with van der Waals surface area (Å²) < 4.78 is 13.1. The molecule has 0 bridgehead atoms. The van der Waals surface area contributed by atoms with Crippen LogP contribution in [0.3, 0.4) is 0 Å². The second-order valence-electron chi connectivity index (χ2n) is 3.49. The monoisotopic (exact) mass is 188 g/mol. The zero-order chi connectivity index (χ0) is 9.94. The van der Waals surface area contributed by atoms with Crippen LogP contribution in [-0.2, 0) is 11.0 Å². The Morgan fingerprint density at radius 3 is 2.17 bits per heavy atom. The molecular formula is C8H16N2OS. The van der Waals surface area contributed by atoms with Crippen molar-refractivity contribution >= 4 is 11.0 Å². The first-order valence-corrected chi connectivity index (χ1v) is 5.05. The maximum atomic E-state index is 11.5. The summed E-state index contributed by atoms with van der Waals surface area (Å²) in [4.78, 5) is 0. The maximum Gasteiger partial charge on any atom is 0.114 e. The molecule has 0 aromatic heterocycles. The molecule has 0 aliphatic heterocycles. The fourth-order valence-electron chi connectivity index (χ4n) is 0.612. The minimum absolute atomic E-state index is 0.0580. The van der Waals surface area contributed by atoms with Crippen LogP contribution in [0.2, 0.25) is 0 Å². The van der Waals surface area contributed by atoms with Crippen LogP contribution in [0, 0.1) is 11.3 Å². The maximum absolute atomic E-state index is 11.5. The van der Waals surface area contributed by atoms with E-state index < -0.39 is 16.5 Å². The summed E-state index contributed by atoms with van der Waals surface area (Å²) in [5.41, 5.74) is -0.658. The van der Waals surface area contributed by atoms with Crippen LogP contribution in [0.15, 0.2) is 0 Å². The number of nitriles is 1. The molecule has 0 heterocycles. The van der Waals surface area contributed by atoms with Gasteiger partial charge in [0.2, 0.25) is 0 Å². The van der Waals surface area contributed by atoms with Crippen molar-refractivity contribution in [1.29, 1.82) is 5.26 Å². The van der Waals surface area contributed by atoms with Gasteiger partial charge in [0.15, 0.2) is 0 Å². The highest BCUT2D eigenvalue weighted by molar-refractivity contribution is 7.83. The zero-order valence-electron chi connectivity index (χ0n) is 8.29. The van der Waals surface area contributed by atoms with E-state index in [2.05, 4.69) is 6.07 Å². The van der Waals surface area contributed by atoms with Gasteiger partial charge in [-0.2, -0.15) is 5.26 Å². The van der Waals surface area contributed by atoms with Crippen LogP contribution in [0.25, 0.3) is 0 Å². The molecule has 0 fully saturated rings. The summed E-state index contributed by atoms with van der Waals surface area (Å²) >= 11 is 0. The molecule has 1 unspecified atom stereocenters. The van der Waals surface area contributed by atoms with E-state index in [-0.39, 0.29) is 5.25 Å². The molecule has 0 aliphatic rings. The Hall–Kier alpha value is -0.400. The lowest BCUT2D eigenvalue weighted by Crippen LogP contribution is -2.43. The molecule has 0 amide bonds. The van der Waals surface area contributed by atoms with Crippen molar-refractivity contribution in [2.24, 2.45) is 0 Å². The van der Waals surface area contributed by atoms with Gasteiger partial charge in [-0.15, -0.1) is 0 Å². The average Bonchev–Trinajstić information content (AvgIpc) is 2.01. The SMILES string of the molecule is CC(C)S(=O)N(C)C(C)(C)C#N. The van der Waals surface area contributed by atoms with Crippen molar-refractivity contribution in [2.75, 3.05) is 7.05 Å². The highest BCUT2D eigenvalue weighted by Crippen LogP contribution is 2.15. The number of hydrogen-bond donors (Lipinski definition) is 0. The fourth-order valence-corrected chi connectivity index (χ4v) is 1.73. The van der Waals surface area contributed by atoms with Gasteiger partial charge in [0, 0.05) is 12.3 Å². The standard InChI is InChI=1S/C8H16N2OS/c1-7(2)12(11)10(5)8(3,4)6-9/h7H,1-5H3. The minimum atomic E-state index is -1.07. The van der Waals surface area contributed by atoms with E-state index >= 15 is 0 Å². The molecule has 0 aromatic carbocycles. The van der Waals surface area contributed by atoms with Gasteiger partial charge in [0.25, 0.3) is 0 Å². The summed E-state index contributed by atoms with van der Waals surface area (Å²) in [7, 11) is 0.633. The second-order valence-corrected chi connectivity index (χ2v) is 5.54. The fraction of sp³-hybridized carbons (Fsp3) is 0.875. The molecule has 0 aliphatic carbocycles. The molecule has 12 heavy (non-hydrogen) atoms. The number of hydrogen-bond acceptors (Lipinski definition) is 2. The normalized spacial score (nSPS) is 14.8. The Bertz CT molecular complexity index is 218. The topological polar surface area (TPSA) is 44.1 Å². The zero-order valence-corrected chi connectivity index (χ0v) is 9.10. The molecule has 0 saturated heterocycles. The highest BCUT2D eigenvalue weighted by atomic mass is 32.2. The van der Waals surface area contributed by atoms with Crippen molar-refractivity contribution in [3.63, 3.8) is 0 Å². The summed E-state index contributed by atoms with van der Waals surface area (Å²) in [5.74, 6) is 0. The number of rotatable bonds is 3. The van der Waals surface area contributed by atoms with Gasteiger partial charge >= 0.3 is 0 Å². The largest absolute Gasteiger partial charge is 0.242 e. The van der Waals surface area contributed by atoms with E-state index in [1.807, 2.05) is 13.8 Å². The van der Waals surface area contributed by atoms with E-state index in [4.69, 9.17) is 5.26 Å². The first-order chi connectivity index (χ1) is 5.33. The van der Waals surface area contributed by atoms with Gasteiger partial charge in [-0.3, -0.25) is 0 Å². The molecule has 0 radical (unpaired) electrons. The van der Waals surface area contributed by atoms with Crippen molar-refractivity contribution < 1.29 is 4.21 Å². The lowest BCUT2D eigenvalue weighted by Gasteiger charge is -2.28. The van der Waals surface area contributed by atoms with Crippen molar-refractivity contribution in [2.45, 2.75) is 38.5 Å². The third kappa shape index (κ3) is 2.58.